The van der Waals surface area contributed by atoms with Gasteiger partial charge in [-0.25, -0.2) is 4.98 Å². The highest BCUT2D eigenvalue weighted by Crippen LogP contribution is 2.30. The van der Waals surface area contributed by atoms with Gasteiger partial charge in [0.1, 0.15) is 0 Å². The standard InChI is InChI=1S/C23H17N5O2S2/c29-20-13-16(24-23-26-21(27-28(20)23)15-7-2-1-3-8-15)14-32-18-10-5-4-9-17(18)25-22(30)19-11-6-12-31-19/h1-13H,14H2,(H,25,30)(H,24,26,27). The van der Waals surface area contributed by atoms with Crippen molar-refractivity contribution in [2.75, 3.05) is 5.32 Å². The van der Waals surface area contributed by atoms with Crippen LogP contribution in [0.1, 0.15) is 15.4 Å². The number of hydrogen-bond acceptors (Lipinski definition) is 6. The first-order chi connectivity index (χ1) is 15.7. The van der Waals surface area contributed by atoms with E-state index in [2.05, 4.69) is 20.4 Å². The number of nitrogens with one attached hydrogen (secondary N) is 2. The summed E-state index contributed by atoms with van der Waals surface area (Å²) in [6, 6.07) is 22.3. The number of benzene rings is 2. The van der Waals surface area contributed by atoms with Gasteiger partial charge in [-0.15, -0.1) is 23.1 Å². The van der Waals surface area contributed by atoms with E-state index in [1.54, 1.807) is 6.07 Å². The lowest BCUT2D eigenvalue weighted by Crippen LogP contribution is -2.15. The molecule has 32 heavy (non-hydrogen) atoms. The third-order valence-electron chi connectivity index (χ3n) is 4.69. The summed E-state index contributed by atoms with van der Waals surface area (Å²) in [6.07, 6.45) is 0. The van der Waals surface area contributed by atoms with Crippen LogP contribution in [-0.4, -0.2) is 25.5 Å². The summed E-state index contributed by atoms with van der Waals surface area (Å²) in [5.41, 5.74) is 1.99. The molecule has 0 unspecified atom stereocenters. The monoisotopic (exact) mass is 459 g/mol. The van der Waals surface area contributed by atoms with Gasteiger partial charge >= 0.3 is 0 Å². The Bertz CT molecular complexity index is 1440. The maximum Gasteiger partial charge on any atom is 0.274 e. The average Bonchev–Trinajstić information content (AvgIpc) is 3.50. The number of anilines is 1. The molecule has 3 heterocycles. The Morgan fingerprint density at radius 3 is 2.66 bits per heavy atom. The van der Waals surface area contributed by atoms with Crippen LogP contribution in [0.2, 0.25) is 0 Å². The first-order valence-electron chi connectivity index (χ1n) is 9.78. The molecule has 9 heteroatoms. The van der Waals surface area contributed by atoms with Crippen LogP contribution >= 0.6 is 23.1 Å². The van der Waals surface area contributed by atoms with E-state index >= 15 is 0 Å². The molecule has 0 aliphatic carbocycles. The van der Waals surface area contributed by atoms with Gasteiger partial charge in [-0.3, -0.25) is 14.7 Å². The summed E-state index contributed by atoms with van der Waals surface area (Å²) in [6.45, 7) is 0. The summed E-state index contributed by atoms with van der Waals surface area (Å²) < 4.78 is 1.34. The molecular weight excluding hydrogens is 442 g/mol. The number of thiophene rings is 1. The molecular formula is C23H17N5O2S2. The van der Waals surface area contributed by atoms with Gasteiger partial charge in [0.15, 0.2) is 5.82 Å². The minimum absolute atomic E-state index is 0.143. The molecule has 0 aliphatic rings. The van der Waals surface area contributed by atoms with Crippen molar-refractivity contribution in [1.29, 1.82) is 0 Å². The van der Waals surface area contributed by atoms with E-state index in [-0.39, 0.29) is 11.5 Å². The molecule has 0 spiro atoms. The molecule has 0 saturated carbocycles. The molecule has 0 bridgehead atoms. The minimum atomic E-state index is -0.223. The zero-order chi connectivity index (χ0) is 21.9. The SMILES string of the molecule is O=C(Nc1ccccc1SCc1cc(=O)n2[nH]c(-c3ccccc3)nc2n1)c1cccs1. The highest BCUT2D eigenvalue weighted by atomic mass is 32.2. The summed E-state index contributed by atoms with van der Waals surface area (Å²) in [5.74, 6) is 1.23. The third kappa shape index (κ3) is 4.20. The lowest BCUT2D eigenvalue weighted by molar-refractivity contribution is 0.103. The van der Waals surface area contributed by atoms with Crippen molar-refractivity contribution in [2.24, 2.45) is 0 Å². The number of H-pyrrole nitrogens is 1. The molecule has 0 saturated heterocycles. The van der Waals surface area contributed by atoms with Crippen molar-refractivity contribution in [3.63, 3.8) is 0 Å². The predicted molar refractivity (Wildman–Crippen MR) is 127 cm³/mol. The number of aromatic nitrogens is 4. The number of aromatic amines is 1. The Morgan fingerprint density at radius 2 is 1.84 bits per heavy atom. The van der Waals surface area contributed by atoms with Crippen LogP contribution in [0.4, 0.5) is 5.69 Å². The van der Waals surface area contributed by atoms with Crippen LogP contribution < -0.4 is 10.9 Å². The second-order valence-corrected chi connectivity index (χ2v) is 8.84. The minimum Gasteiger partial charge on any atom is -0.320 e. The van der Waals surface area contributed by atoms with E-state index in [1.807, 2.05) is 66.0 Å². The van der Waals surface area contributed by atoms with Crippen molar-refractivity contribution in [3.05, 3.63) is 99.1 Å². The molecule has 7 nitrogen and oxygen atoms in total. The highest BCUT2D eigenvalue weighted by molar-refractivity contribution is 7.98. The maximum atomic E-state index is 12.6. The van der Waals surface area contributed by atoms with Gasteiger partial charge in [-0.1, -0.05) is 48.5 Å². The van der Waals surface area contributed by atoms with E-state index in [1.165, 1.54) is 33.7 Å². The normalized spacial score (nSPS) is 11.0. The van der Waals surface area contributed by atoms with Gasteiger partial charge in [-0.2, -0.15) is 9.50 Å². The fourth-order valence-corrected chi connectivity index (χ4v) is 4.69. The van der Waals surface area contributed by atoms with Gasteiger partial charge in [-0.05, 0) is 23.6 Å². The van der Waals surface area contributed by atoms with Crippen molar-refractivity contribution >= 4 is 40.5 Å². The molecule has 0 aliphatic heterocycles. The Hall–Kier alpha value is -3.69. The number of hydrogen-bond donors (Lipinski definition) is 2. The van der Waals surface area contributed by atoms with Crippen molar-refractivity contribution < 1.29 is 4.79 Å². The third-order valence-corrected chi connectivity index (χ3v) is 6.66. The average molecular weight is 460 g/mol. The van der Waals surface area contributed by atoms with E-state index in [4.69, 9.17) is 0 Å². The molecule has 158 valence electrons. The molecule has 0 fully saturated rings. The molecule has 0 atom stereocenters. The Balaban J connectivity index is 1.37. The van der Waals surface area contributed by atoms with Crippen LogP contribution in [0.5, 0.6) is 0 Å². The molecule has 0 radical (unpaired) electrons. The van der Waals surface area contributed by atoms with E-state index < -0.39 is 0 Å². The Kier molecular flexibility index (Phi) is 5.57. The summed E-state index contributed by atoms with van der Waals surface area (Å²) in [4.78, 5) is 35.6. The van der Waals surface area contributed by atoms with Gasteiger partial charge in [0.2, 0.25) is 0 Å². The second-order valence-electron chi connectivity index (χ2n) is 6.88. The maximum absolute atomic E-state index is 12.6. The fourth-order valence-electron chi connectivity index (χ4n) is 3.17. The van der Waals surface area contributed by atoms with E-state index in [0.29, 0.717) is 27.9 Å². The first kappa shape index (κ1) is 20.2. The first-order valence-corrected chi connectivity index (χ1v) is 11.6. The van der Waals surface area contributed by atoms with Gasteiger partial charge < -0.3 is 5.32 Å². The van der Waals surface area contributed by atoms with Crippen LogP contribution in [0.25, 0.3) is 17.2 Å². The van der Waals surface area contributed by atoms with E-state index in [9.17, 15) is 9.59 Å². The van der Waals surface area contributed by atoms with Crippen LogP contribution in [-0.2, 0) is 5.75 Å². The van der Waals surface area contributed by atoms with Gasteiger partial charge in [0.05, 0.1) is 16.3 Å². The van der Waals surface area contributed by atoms with Crippen molar-refractivity contribution in [1.82, 2.24) is 19.6 Å². The zero-order valence-corrected chi connectivity index (χ0v) is 18.3. The van der Waals surface area contributed by atoms with Crippen molar-refractivity contribution in [3.8, 4) is 11.4 Å². The van der Waals surface area contributed by atoms with Crippen LogP contribution in [0.15, 0.2) is 87.9 Å². The van der Waals surface area contributed by atoms with Crippen molar-refractivity contribution in [2.45, 2.75) is 10.6 Å². The highest BCUT2D eigenvalue weighted by Gasteiger charge is 2.12. The number of rotatable bonds is 6. The van der Waals surface area contributed by atoms with Crippen LogP contribution in [0, 0.1) is 0 Å². The summed E-state index contributed by atoms with van der Waals surface area (Å²) in [5, 5.41) is 7.83. The molecule has 2 N–H and O–H groups in total. The molecule has 5 aromatic rings. The van der Waals surface area contributed by atoms with Gasteiger partial charge in [0.25, 0.3) is 17.2 Å². The second kappa shape index (κ2) is 8.81. The zero-order valence-electron chi connectivity index (χ0n) is 16.7. The van der Waals surface area contributed by atoms with Gasteiger partial charge in [0, 0.05) is 22.3 Å². The largest absolute Gasteiger partial charge is 0.320 e. The molecule has 1 amide bonds. The number of para-hydroxylation sites is 1. The number of nitrogens with zero attached hydrogens (tertiary/aromatic N) is 3. The molecule has 5 rings (SSSR count). The lowest BCUT2D eigenvalue weighted by Gasteiger charge is -2.10. The smallest absolute Gasteiger partial charge is 0.274 e. The summed E-state index contributed by atoms with van der Waals surface area (Å²) >= 11 is 2.89. The lowest BCUT2D eigenvalue weighted by atomic mass is 10.2. The number of thioether (sulfide) groups is 1. The Labute approximate surface area is 191 Å². The molecule has 3 aromatic heterocycles. The molecule has 2 aromatic carbocycles. The number of amides is 1. The number of carbonyl (C=O) groups is 1. The topological polar surface area (TPSA) is 92.2 Å². The predicted octanol–water partition coefficient (Wildman–Crippen LogP) is 4.69. The number of fused-ring (bicyclic) bond motifs is 1. The summed E-state index contributed by atoms with van der Waals surface area (Å²) in [7, 11) is 0. The van der Waals surface area contributed by atoms with E-state index in [0.717, 1.165) is 16.1 Å². The quantitative estimate of drug-likeness (QED) is 0.360. The fraction of sp³-hybridized carbons (Fsp3) is 0.0435. The number of carbonyl (C=O) groups excluding carboxylic acids is 1. The Morgan fingerprint density at radius 1 is 1.03 bits per heavy atom. The van der Waals surface area contributed by atoms with Crippen LogP contribution in [0.3, 0.4) is 0 Å².